The first kappa shape index (κ1) is 23.3. The maximum atomic E-state index is 12.6. The topological polar surface area (TPSA) is 123 Å². The van der Waals surface area contributed by atoms with Crippen LogP contribution in [-0.4, -0.2) is 37.9 Å². The van der Waals surface area contributed by atoms with E-state index >= 15 is 0 Å². The fourth-order valence-corrected chi connectivity index (χ4v) is 4.49. The van der Waals surface area contributed by atoms with Crippen LogP contribution in [0.1, 0.15) is 10.4 Å². The fraction of sp³-hybridized carbons (Fsp3) is 0.0870. The molecular formula is C23H20N4O5S2. The molecule has 4 rings (SSSR count). The zero-order chi connectivity index (χ0) is 24.1. The van der Waals surface area contributed by atoms with Crippen molar-refractivity contribution >= 4 is 39.4 Å². The Hall–Kier alpha value is -3.83. The third kappa shape index (κ3) is 5.38. The molecule has 0 saturated carbocycles. The Bertz CT molecular complexity index is 1400. The minimum atomic E-state index is -3.79. The Balaban J connectivity index is 1.42. The number of carbonyl (C=O) groups excluding carboxylic acids is 1. The second kappa shape index (κ2) is 9.98. The molecule has 2 N–H and O–H groups in total. The summed E-state index contributed by atoms with van der Waals surface area (Å²) in [5, 5.41) is 10.4. The van der Waals surface area contributed by atoms with Gasteiger partial charge in [0, 0.05) is 21.7 Å². The number of sulfonamides is 1. The first-order valence-electron chi connectivity index (χ1n) is 9.94. The number of rotatable bonds is 8. The predicted molar refractivity (Wildman–Crippen MR) is 130 cm³/mol. The molecule has 0 radical (unpaired) electrons. The Morgan fingerprint density at radius 3 is 2.41 bits per heavy atom. The summed E-state index contributed by atoms with van der Waals surface area (Å²) in [7, 11) is -2.29. The van der Waals surface area contributed by atoms with Gasteiger partial charge in [0.2, 0.25) is 5.89 Å². The van der Waals surface area contributed by atoms with Crippen LogP contribution in [0.25, 0.3) is 11.5 Å². The van der Waals surface area contributed by atoms with E-state index in [0.29, 0.717) is 11.4 Å². The van der Waals surface area contributed by atoms with Crippen LogP contribution in [-0.2, 0) is 10.0 Å². The van der Waals surface area contributed by atoms with Crippen LogP contribution in [0.2, 0.25) is 0 Å². The van der Waals surface area contributed by atoms with Crippen molar-refractivity contribution in [3.8, 4) is 17.2 Å². The lowest BCUT2D eigenvalue weighted by molar-refractivity contribution is 0.102. The zero-order valence-electron chi connectivity index (χ0n) is 18.2. The van der Waals surface area contributed by atoms with Crippen LogP contribution in [0.3, 0.4) is 0 Å². The molecule has 0 bridgehead atoms. The highest BCUT2D eigenvalue weighted by Gasteiger charge is 2.16. The monoisotopic (exact) mass is 496 g/mol. The largest absolute Gasteiger partial charge is 0.497 e. The lowest BCUT2D eigenvalue weighted by Gasteiger charge is -2.09. The molecule has 9 nitrogen and oxygen atoms in total. The van der Waals surface area contributed by atoms with Crippen LogP contribution in [0, 0.1) is 0 Å². The van der Waals surface area contributed by atoms with Crippen LogP contribution >= 0.6 is 11.8 Å². The predicted octanol–water partition coefficient (Wildman–Crippen LogP) is 4.52. The summed E-state index contributed by atoms with van der Waals surface area (Å²) in [4.78, 5) is 13.7. The summed E-state index contributed by atoms with van der Waals surface area (Å²) in [6.45, 7) is 0. The standard InChI is InChI=1S/C23H20N4O5S2/c1-31-18-10-12-20(13-11-18)34(29,30)27-17-8-6-15(7-9-17)21(28)24-23-26-25-22(32-23)16-4-3-5-19(14-16)33-2/h3-14,27H,1-2H3,(H,24,26,28). The van der Waals surface area contributed by atoms with Gasteiger partial charge >= 0.3 is 6.01 Å². The van der Waals surface area contributed by atoms with Crippen molar-refractivity contribution in [2.75, 3.05) is 23.4 Å². The fourth-order valence-electron chi connectivity index (χ4n) is 2.97. The van der Waals surface area contributed by atoms with Gasteiger partial charge in [-0.05, 0) is 73.0 Å². The van der Waals surface area contributed by atoms with Crippen LogP contribution in [0.15, 0.2) is 87.0 Å². The van der Waals surface area contributed by atoms with Crippen LogP contribution in [0.5, 0.6) is 5.75 Å². The number of benzene rings is 3. The third-order valence-corrected chi connectivity index (χ3v) is 6.85. The maximum absolute atomic E-state index is 12.6. The molecule has 1 amide bonds. The number of hydrogen-bond acceptors (Lipinski definition) is 8. The Labute approximate surface area is 200 Å². The minimum Gasteiger partial charge on any atom is -0.497 e. The number of ether oxygens (including phenoxy) is 1. The molecule has 3 aromatic carbocycles. The average molecular weight is 497 g/mol. The van der Waals surface area contributed by atoms with Crippen LogP contribution < -0.4 is 14.8 Å². The molecule has 0 fully saturated rings. The van der Waals surface area contributed by atoms with Crippen molar-refractivity contribution in [3.63, 3.8) is 0 Å². The number of hydrogen-bond donors (Lipinski definition) is 2. The lowest BCUT2D eigenvalue weighted by Crippen LogP contribution is -2.14. The van der Waals surface area contributed by atoms with E-state index in [2.05, 4.69) is 20.2 Å². The lowest BCUT2D eigenvalue weighted by atomic mass is 10.2. The van der Waals surface area contributed by atoms with E-state index in [9.17, 15) is 13.2 Å². The summed E-state index contributed by atoms with van der Waals surface area (Å²) in [6, 6.07) is 19.5. The van der Waals surface area contributed by atoms with E-state index in [1.807, 2.05) is 30.5 Å². The molecular weight excluding hydrogens is 476 g/mol. The smallest absolute Gasteiger partial charge is 0.322 e. The summed E-state index contributed by atoms with van der Waals surface area (Å²) in [5.74, 6) is 0.364. The van der Waals surface area contributed by atoms with Gasteiger partial charge in [-0.3, -0.25) is 14.8 Å². The number of carbonyl (C=O) groups is 1. The SMILES string of the molecule is COc1ccc(S(=O)(=O)Nc2ccc(C(=O)Nc3nnc(-c4cccc(SC)c4)o3)cc2)cc1. The van der Waals surface area contributed by atoms with Crippen molar-refractivity contribution in [2.45, 2.75) is 9.79 Å². The molecule has 1 heterocycles. The summed E-state index contributed by atoms with van der Waals surface area (Å²) in [5.41, 5.74) is 1.34. The van der Waals surface area contributed by atoms with Crippen molar-refractivity contribution < 1.29 is 22.4 Å². The first-order chi connectivity index (χ1) is 16.4. The van der Waals surface area contributed by atoms with E-state index in [-0.39, 0.29) is 22.4 Å². The molecule has 0 aliphatic heterocycles. The molecule has 0 spiro atoms. The average Bonchev–Trinajstić information content (AvgIpc) is 3.33. The molecule has 1 aromatic heterocycles. The number of amides is 1. The van der Waals surface area contributed by atoms with Gasteiger partial charge in [-0.2, -0.15) is 0 Å². The van der Waals surface area contributed by atoms with Gasteiger partial charge < -0.3 is 9.15 Å². The molecule has 0 unspecified atom stereocenters. The summed E-state index contributed by atoms with van der Waals surface area (Å²) in [6.07, 6.45) is 1.97. The van der Waals surface area contributed by atoms with E-state index in [1.165, 1.54) is 43.5 Å². The number of anilines is 2. The number of nitrogens with one attached hydrogen (secondary N) is 2. The summed E-state index contributed by atoms with van der Waals surface area (Å²) >= 11 is 1.59. The highest BCUT2D eigenvalue weighted by Crippen LogP contribution is 2.25. The van der Waals surface area contributed by atoms with Gasteiger partial charge in [0.05, 0.1) is 12.0 Å². The van der Waals surface area contributed by atoms with Crippen molar-refractivity contribution in [1.29, 1.82) is 0 Å². The zero-order valence-corrected chi connectivity index (χ0v) is 19.8. The highest BCUT2D eigenvalue weighted by molar-refractivity contribution is 7.98. The Kier molecular flexibility index (Phi) is 6.85. The number of methoxy groups -OCH3 is 1. The molecule has 0 atom stereocenters. The van der Waals surface area contributed by atoms with E-state index < -0.39 is 15.9 Å². The van der Waals surface area contributed by atoms with Gasteiger partial charge in [0.25, 0.3) is 15.9 Å². The normalized spacial score (nSPS) is 11.1. The van der Waals surface area contributed by atoms with E-state index in [4.69, 9.17) is 9.15 Å². The van der Waals surface area contributed by atoms with E-state index in [0.717, 1.165) is 10.5 Å². The quantitative estimate of drug-likeness (QED) is 0.341. The van der Waals surface area contributed by atoms with Gasteiger partial charge in [-0.25, -0.2) is 8.42 Å². The Morgan fingerprint density at radius 1 is 1.00 bits per heavy atom. The minimum absolute atomic E-state index is 0.0427. The first-order valence-corrected chi connectivity index (χ1v) is 12.6. The van der Waals surface area contributed by atoms with Crippen molar-refractivity contribution in [2.24, 2.45) is 0 Å². The summed E-state index contributed by atoms with van der Waals surface area (Å²) < 4.78 is 38.2. The van der Waals surface area contributed by atoms with Gasteiger partial charge in [-0.15, -0.1) is 16.9 Å². The Morgan fingerprint density at radius 2 is 1.74 bits per heavy atom. The second-order valence-electron chi connectivity index (χ2n) is 6.96. The maximum Gasteiger partial charge on any atom is 0.322 e. The van der Waals surface area contributed by atoms with E-state index in [1.54, 1.807) is 23.9 Å². The second-order valence-corrected chi connectivity index (χ2v) is 9.52. The molecule has 11 heteroatoms. The van der Waals surface area contributed by atoms with Crippen molar-refractivity contribution in [1.82, 2.24) is 10.2 Å². The molecule has 0 aliphatic carbocycles. The van der Waals surface area contributed by atoms with Crippen molar-refractivity contribution in [3.05, 3.63) is 78.4 Å². The molecule has 0 saturated heterocycles. The number of thioether (sulfide) groups is 1. The molecule has 0 aliphatic rings. The highest BCUT2D eigenvalue weighted by atomic mass is 32.2. The van der Waals surface area contributed by atoms with Gasteiger partial charge in [0.1, 0.15) is 5.75 Å². The molecule has 174 valence electrons. The van der Waals surface area contributed by atoms with Crippen LogP contribution in [0.4, 0.5) is 11.7 Å². The number of nitrogens with zero attached hydrogens (tertiary/aromatic N) is 2. The number of aromatic nitrogens is 2. The molecule has 34 heavy (non-hydrogen) atoms. The van der Waals surface area contributed by atoms with Gasteiger partial charge in [-0.1, -0.05) is 11.2 Å². The third-order valence-electron chi connectivity index (χ3n) is 4.73. The van der Waals surface area contributed by atoms with Gasteiger partial charge in [0.15, 0.2) is 0 Å². The molecule has 4 aromatic rings.